The van der Waals surface area contributed by atoms with Crippen LogP contribution in [-0.2, 0) is 19.2 Å². The molecule has 6 atom stereocenters. The molecule has 0 unspecified atom stereocenters. The molecule has 0 radical (unpaired) electrons. The van der Waals surface area contributed by atoms with Crippen LogP contribution in [0.25, 0.3) is 0 Å². The van der Waals surface area contributed by atoms with E-state index in [2.05, 4.69) is 12.2 Å². The molecule has 4 heterocycles. The highest BCUT2D eigenvalue weighted by Crippen LogP contribution is 2.61. The summed E-state index contributed by atoms with van der Waals surface area (Å²) in [4.78, 5) is 11.6. The number of para-hydroxylation sites is 1. The molecule has 2 bridgehead atoms. The lowest BCUT2D eigenvalue weighted by molar-refractivity contribution is -0.557. The molecule has 164 valence electrons. The fourth-order valence-corrected chi connectivity index (χ4v) is 5.69. The molecule has 4 aliphatic heterocycles. The van der Waals surface area contributed by atoms with Gasteiger partial charge in [0.1, 0.15) is 0 Å². The molecule has 30 heavy (non-hydrogen) atoms. The number of benzene rings is 1. The van der Waals surface area contributed by atoms with E-state index in [1.54, 1.807) is 6.92 Å². The van der Waals surface area contributed by atoms with Crippen LogP contribution in [0.4, 0.5) is 18.9 Å². The fraction of sp³-hybridized carbons (Fsp3) is 0.636. The average Bonchev–Trinajstić information content (AvgIpc) is 2.94. The van der Waals surface area contributed by atoms with Gasteiger partial charge in [-0.3, -0.25) is 0 Å². The number of hydrogen-bond donors (Lipinski definition) is 1. The lowest BCUT2D eigenvalue weighted by Gasteiger charge is -2.57. The molecule has 5 nitrogen and oxygen atoms in total. The minimum absolute atomic E-state index is 0.00733. The summed E-state index contributed by atoms with van der Waals surface area (Å²) < 4.78 is 53.8. The second kappa shape index (κ2) is 6.87. The molecule has 4 fully saturated rings. The number of halogens is 3. The van der Waals surface area contributed by atoms with Gasteiger partial charge in [0.25, 0.3) is 0 Å². The molecule has 1 aromatic carbocycles. The van der Waals surface area contributed by atoms with Crippen molar-refractivity contribution in [2.24, 2.45) is 17.8 Å². The lowest BCUT2D eigenvalue weighted by atomic mass is 9.59. The molecular formula is C22H26F3NO4. The Kier molecular flexibility index (Phi) is 4.61. The molecule has 8 heteroatoms. The van der Waals surface area contributed by atoms with Crippen LogP contribution in [0.3, 0.4) is 0 Å². The minimum Gasteiger partial charge on any atom is -0.456 e. The summed E-state index contributed by atoms with van der Waals surface area (Å²) in [5, 5.41) is 3.13. The SMILES string of the molecule is C[C@@H]1CC[C@H]2C(CNc3ccccc3)=C(C(F)(F)F)O[C@@H]3O[C@@]4(C)CC[C@@H]1[C@]32OO4. The van der Waals surface area contributed by atoms with Crippen LogP contribution in [0, 0.1) is 17.8 Å². The van der Waals surface area contributed by atoms with E-state index in [4.69, 9.17) is 19.2 Å². The number of anilines is 1. The Labute approximate surface area is 173 Å². The molecule has 0 aromatic heterocycles. The van der Waals surface area contributed by atoms with Gasteiger partial charge in [0.05, 0.1) is 0 Å². The Morgan fingerprint density at radius 2 is 1.87 bits per heavy atom. The van der Waals surface area contributed by atoms with E-state index in [-0.39, 0.29) is 24.0 Å². The highest BCUT2D eigenvalue weighted by Gasteiger charge is 2.70. The normalized spacial score (nSPS) is 40.4. The minimum atomic E-state index is -4.62. The van der Waals surface area contributed by atoms with Gasteiger partial charge >= 0.3 is 6.18 Å². The van der Waals surface area contributed by atoms with Crippen molar-refractivity contribution in [3.8, 4) is 0 Å². The van der Waals surface area contributed by atoms with E-state index in [9.17, 15) is 13.2 Å². The van der Waals surface area contributed by atoms with E-state index >= 15 is 0 Å². The summed E-state index contributed by atoms with van der Waals surface area (Å²) in [5.41, 5.74) is -0.148. The second-order valence-corrected chi connectivity index (χ2v) is 9.05. The van der Waals surface area contributed by atoms with Gasteiger partial charge in [0.2, 0.25) is 17.8 Å². The molecule has 6 rings (SSSR count). The fourth-order valence-electron chi connectivity index (χ4n) is 5.69. The smallest absolute Gasteiger partial charge is 0.449 e. The molecule has 1 N–H and O–H groups in total. The van der Waals surface area contributed by atoms with Gasteiger partial charge in [-0.2, -0.15) is 13.2 Å². The maximum absolute atomic E-state index is 14.1. The van der Waals surface area contributed by atoms with Gasteiger partial charge < -0.3 is 14.8 Å². The zero-order valence-electron chi connectivity index (χ0n) is 17.0. The largest absolute Gasteiger partial charge is 0.456 e. The molecule has 1 aromatic rings. The summed E-state index contributed by atoms with van der Waals surface area (Å²) in [7, 11) is 0. The summed E-state index contributed by atoms with van der Waals surface area (Å²) in [6.45, 7) is 3.84. The third-order valence-corrected chi connectivity index (χ3v) is 7.17. The molecule has 5 aliphatic rings. The first-order valence-corrected chi connectivity index (χ1v) is 10.5. The average molecular weight is 425 g/mol. The number of nitrogens with one attached hydrogen (secondary N) is 1. The van der Waals surface area contributed by atoms with Crippen LogP contribution < -0.4 is 5.32 Å². The predicted molar refractivity (Wildman–Crippen MR) is 102 cm³/mol. The Balaban J connectivity index is 1.59. The van der Waals surface area contributed by atoms with Gasteiger partial charge in [0.15, 0.2) is 5.60 Å². The first kappa shape index (κ1) is 20.2. The van der Waals surface area contributed by atoms with Crippen LogP contribution in [0.2, 0.25) is 0 Å². The van der Waals surface area contributed by atoms with Gasteiger partial charge in [0, 0.05) is 36.1 Å². The van der Waals surface area contributed by atoms with Crippen LogP contribution in [0.1, 0.15) is 39.5 Å². The number of alkyl halides is 3. The Morgan fingerprint density at radius 1 is 1.10 bits per heavy atom. The van der Waals surface area contributed by atoms with Crippen molar-refractivity contribution in [1.82, 2.24) is 0 Å². The monoisotopic (exact) mass is 425 g/mol. The van der Waals surface area contributed by atoms with E-state index in [1.807, 2.05) is 30.3 Å². The summed E-state index contributed by atoms with van der Waals surface area (Å²) in [5.74, 6) is -2.30. The second-order valence-electron chi connectivity index (χ2n) is 9.05. The number of fused-ring (bicyclic) bond motifs is 2. The van der Waals surface area contributed by atoms with Gasteiger partial charge in [-0.05, 0) is 44.2 Å². The van der Waals surface area contributed by atoms with Gasteiger partial charge in [-0.1, -0.05) is 25.1 Å². The molecule has 1 saturated carbocycles. The maximum atomic E-state index is 14.1. The number of allylic oxidation sites excluding steroid dienone is 1. The zero-order chi connectivity index (χ0) is 21.1. The Hall–Kier alpha value is -1.77. The number of hydrogen-bond acceptors (Lipinski definition) is 5. The van der Waals surface area contributed by atoms with E-state index in [0.717, 1.165) is 18.5 Å². The molecule has 1 spiro atoms. The van der Waals surface area contributed by atoms with Crippen molar-refractivity contribution in [3.05, 3.63) is 41.7 Å². The predicted octanol–water partition coefficient (Wildman–Crippen LogP) is 5.16. The lowest BCUT2D eigenvalue weighted by Crippen LogP contribution is -2.67. The quantitative estimate of drug-likeness (QED) is 0.678. The van der Waals surface area contributed by atoms with Gasteiger partial charge in [-0.15, -0.1) is 0 Å². The summed E-state index contributed by atoms with van der Waals surface area (Å²) in [6.07, 6.45) is -3.07. The van der Waals surface area contributed by atoms with Crippen molar-refractivity contribution in [2.75, 3.05) is 11.9 Å². The first-order chi connectivity index (χ1) is 14.2. The van der Waals surface area contributed by atoms with Crippen LogP contribution >= 0.6 is 0 Å². The molecule has 1 aliphatic carbocycles. The Morgan fingerprint density at radius 3 is 2.60 bits per heavy atom. The van der Waals surface area contributed by atoms with Gasteiger partial charge in [-0.25, -0.2) is 9.78 Å². The molecule has 3 saturated heterocycles. The van der Waals surface area contributed by atoms with Crippen molar-refractivity contribution in [1.29, 1.82) is 0 Å². The van der Waals surface area contributed by atoms with Crippen molar-refractivity contribution >= 4 is 5.69 Å². The summed E-state index contributed by atoms with van der Waals surface area (Å²) >= 11 is 0. The summed E-state index contributed by atoms with van der Waals surface area (Å²) in [6, 6.07) is 9.18. The van der Waals surface area contributed by atoms with Crippen LogP contribution in [0.15, 0.2) is 41.7 Å². The standard InChI is InChI=1S/C22H26F3NO4/c1-13-8-9-17-15(12-26-14-6-4-3-5-7-14)18(22(23,24)25)27-19-21(17)16(13)10-11-20(2,28-19)29-30-21/h3-7,13,16-17,19,26H,8-12H2,1-2H3/t13-,16+,17+,19-,20-,21-/m1/s1. The van der Waals surface area contributed by atoms with E-state index in [0.29, 0.717) is 12.8 Å². The third-order valence-electron chi connectivity index (χ3n) is 7.17. The van der Waals surface area contributed by atoms with Crippen LogP contribution in [0.5, 0.6) is 0 Å². The third kappa shape index (κ3) is 3.03. The van der Waals surface area contributed by atoms with E-state index in [1.165, 1.54) is 0 Å². The number of ether oxygens (including phenoxy) is 2. The van der Waals surface area contributed by atoms with Crippen molar-refractivity contribution in [3.63, 3.8) is 0 Å². The highest BCUT2D eigenvalue weighted by molar-refractivity contribution is 5.45. The zero-order valence-corrected chi connectivity index (χ0v) is 17.0. The first-order valence-electron chi connectivity index (χ1n) is 10.5. The molecule has 0 amide bonds. The van der Waals surface area contributed by atoms with Crippen LogP contribution in [-0.4, -0.2) is 30.4 Å². The van der Waals surface area contributed by atoms with Crippen molar-refractivity contribution in [2.45, 2.75) is 63.4 Å². The highest BCUT2D eigenvalue weighted by atomic mass is 19.4. The molecular weight excluding hydrogens is 399 g/mol. The maximum Gasteiger partial charge on any atom is 0.449 e. The van der Waals surface area contributed by atoms with E-state index < -0.39 is 35.5 Å². The Bertz CT molecular complexity index is 845. The topological polar surface area (TPSA) is 49.0 Å². The number of rotatable bonds is 3. The van der Waals surface area contributed by atoms with Crippen molar-refractivity contribution < 1.29 is 32.4 Å².